The minimum Gasteiger partial charge on any atom is -0.466 e. The number of ether oxygens (including phenoxy) is 1. The third-order valence-corrected chi connectivity index (χ3v) is 8.87. The zero-order chi connectivity index (χ0) is 32.9. The number of alkyl halides is 3. The molecule has 0 bridgehead atoms. The minimum absolute atomic E-state index is 0.00770. The number of anilines is 6. The van der Waals surface area contributed by atoms with E-state index in [0.29, 0.717) is 26.2 Å². The number of aromatic nitrogens is 4. The second kappa shape index (κ2) is 13.8. The summed E-state index contributed by atoms with van der Waals surface area (Å²) in [4.78, 5) is 33.0. The van der Waals surface area contributed by atoms with Crippen LogP contribution in [0.3, 0.4) is 0 Å². The fraction of sp³-hybridized carbons (Fsp3) is 0.370. The Kier molecular flexibility index (Phi) is 10.3. The zero-order valence-corrected chi connectivity index (χ0v) is 26.1. The molecule has 1 amide bonds. The lowest BCUT2D eigenvalue weighted by atomic mass is 10.2. The number of nitrogens with zero attached hydrogens (tertiary/aromatic N) is 6. The number of halogens is 4. The molecule has 242 valence electrons. The Morgan fingerprint density at radius 3 is 2.49 bits per heavy atom. The normalized spacial score (nSPS) is 14.3. The molecule has 0 saturated carbocycles. The number of pyridine rings is 2. The molecule has 1 saturated heterocycles. The minimum atomic E-state index is -4.67. The van der Waals surface area contributed by atoms with E-state index in [-0.39, 0.29) is 44.7 Å². The van der Waals surface area contributed by atoms with Gasteiger partial charge in [-0.25, -0.2) is 18.4 Å². The summed E-state index contributed by atoms with van der Waals surface area (Å²) in [5.74, 6) is -0.979. The van der Waals surface area contributed by atoms with Crippen LogP contribution in [0.25, 0.3) is 0 Å². The molecule has 3 aromatic rings. The third kappa shape index (κ3) is 8.49. The quantitative estimate of drug-likeness (QED) is 0.248. The van der Waals surface area contributed by atoms with Crippen molar-refractivity contribution in [2.45, 2.75) is 30.3 Å². The lowest BCUT2D eigenvalue weighted by molar-refractivity contribution is -0.153. The maximum atomic E-state index is 13.2. The van der Waals surface area contributed by atoms with Crippen LogP contribution >= 0.6 is 11.6 Å². The Hall–Kier alpha value is -4.22. The fourth-order valence-electron chi connectivity index (χ4n) is 4.07. The van der Waals surface area contributed by atoms with Gasteiger partial charge in [-0.3, -0.25) is 4.79 Å². The highest BCUT2D eigenvalue weighted by atomic mass is 35.5. The van der Waals surface area contributed by atoms with Gasteiger partial charge >= 0.3 is 6.18 Å². The van der Waals surface area contributed by atoms with E-state index in [1.54, 1.807) is 0 Å². The van der Waals surface area contributed by atoms with Crippen LogP contribution in [-0.4, -0.2) is 90.4 Å². The van der Waals surface area contributed by atoms with Gasteiger partial charge < -0.3 is 30.5 Å². The maximum absolute atomic E-state index is 13.2. The molecule has 1 aliphatic heterocycles. The van der Waals surface area contributed by atoms with Crippen molar-refractivity contribution in [1.29, 1.82) is 0 Å². The van der Waals surface area contributed by atoms with Gasteiger partial charge in [0.15, 0.2) is 33.1 Å². The SMILES string of the molecule is C=CC(=O)Nc1cc(Nc2ncc(Cl)c(Nc3cccnc3S(=O)(=O)C(C)C)n2)c(OCC(F)(F)F)nc1N1CCN(C)CC1. The fourth-order valence-corrected chi connectivity index (χ4v) is 5.29. The average molecular weight is 670 g/mol. The van der Waals surface area contributed by atoms with Gasteiger partial charge in [-0.2, -0.15) is 23.1 Å². The summed E-state index contributed by atoms with van der Waals surface area (Å²) in [5.41, 5.74) is 0.173. The van der Waals surface area contributed by atoms with Gasteiger partial charge in [0, 0.05) is 32.4 Å². The Balaban J connectivity index is 1.75. The largest absolute Gasteiger partial charge is 0.466 e. The highest BCUT2D eigenvalue weighted by Crippen LogP contribution is 2.37. The van der Waals surface area contributed by atoms with E-state index in [1.165, 1.54) is 44.4 Å². The molecule has 1 aliphatic rings. The van der Waals surface area contributed by atoms with E-state index < -0.39 is 39.7 Å². The Labute approximate surface area is 262 Å². The van der Waals surface area contributed by atoms with Crippen molar-refractivity contribution in [2.24, 2.45) is 0 Å². The molecule has 0 spiro atoms. The number of carbonyl (C=O) groups is 1. The smallest absolute Gasteiger partial charge is 0.422 e. The molecule has 13 nitrogen and oxygen atoms in total. The molecular formula is C27H31ClF3N9O4S. The van der Waals surface area contributed by atoms with Crippen molar-refractivity contribution < 1.29 is 31.1 Å². The lowest BCUT2D eigenvalue weighted by Crippen LogP contribution is -2.45. The first-order valence-corrected chi connectivity index (χ1v) is 15.5. The van der Waals surface area contributed by atoms with E-state index in [2.05, 4.69) is 47.4 Å². The van der Waals surface area contributed by atoms with Crippen molar-refractivity contribution in [3.8, 4) is 5.88 Å². The van der Waals surface area contributed by atoms with E-state index >= 15 is 0 Å². The van der Waals surface area contributed by atoms with Gasteiger partial charge in [0.2, 0.25) is 17.7 Å². The summed E-state index contributed by atoms with van der Waals surface area (Å²) in [6.45, 7) is 7.13. The molecule has 0 radical (unpaired) electrons. The monoisotopic (exact) mass is 669 g/mol. The van der Waals surface area contributed by atoms with Gasteiger partial charge in [-0.15, -0.1) is 0 Å². The molecule has 18 heteroatoms. The maximum Gasteiger partial charge on any atom is 0.422 e. The molecule has 4 rings (SSSR count). The Bertz CT molecular complexity index is 1670. The van der Waals surface area contributed by atoms with E-state index in [1.807, 2.05) is 11.9 Å². The van der Waals surface area contributed by atoms with Crippen LogP contribution in [0.4, 0.5) is 47.8 Å². The number of hydrogen-bond donors (Lipinski definition) is 3. The van der Waals surface area contributed by atoms with Gasteiger partial charge in [0.25, 0.3) is 0 Å². The highest BCUT2D eigenvalue weighted by molar-refractivity contribution is 7.92. The molecule has 0 atom stereocenters. The predicted molar refractivity (Wildman–Crippen MR) is 164 cm³/mol. The number of likely N-dealkylation sites (N-methyl/N-ethyl adjacent to an activating group) is 1. The van der Waals surface area contributed by atoms with Crippen LogP contribution in [0.5, 0.6) is 5.88 Å². The number of carbonyl (C=O) groups excluding carboxylic acids is 1. The number of hydrogen-bond acceptors (Lipinski definition) is 12. The standard InChI is InChI=1S/C27H31ClF3N9O4S/c1-5-21(41)34-19-13-20(24(44-15-27(29,30)31)38-23(19)40-11-9-39(4)10-12-40)36-26-33-14-17(28)22(37-26)35-18-7-6-8-32-25(18)45(42,43)16(2)3/h5-8,13-14,16H,1,9-12,15H2,2-4H3,(H,34,41)(H2,33,35,36,37). The second-order valence-corrected chi connectivity index (χ2v) is 13.0. The van der Waals surface area contributed by atoms with Gasteiger partial charge in [0.1, 0.15) is 10.7 Å². The molecule has 0 aromatic carbocycles. The van der Waals surface area contributed by atoms with E-state index in [0.717, 1.165) is 6.08 Å². The summed E-state index contributed by atoms with van der Waals surface area (Å²) in [6.07, 6.45) is -1.09. The van der Waals surface area contributed by atoms with Crippen LogP contribution in [0, 0.1) is 0 Å². The van der Waals surface area contributed by atoms with Crippen LogP contribution in [-0.2, 0) is 14.6 Å². The Morgan fingerprint density at radius 2 is 1.84 bits per heavy atom. The molecule has 4 heterocycles. The Morgan fingerprint density at radius 1 is 1.13 bits per heavy atom. The average Bonchev–Trinajstić information content (AvgIpc) is 2.98. The highest BCUT2D eigenvalue weighted by Gasteiger charge is 2.31. The molecule has 3 N–H and O–H groups in total. The summed E-state index contributed by atoms with van der Waals surface area (Å²) >= 11 is 6.31. The number of amides is 1. The summed E-state index contributed by atoms with van der Waals surface area (Å²) in [6, 6.07) is 4.35. The van der Waals surface area contributed by atoms with Crippen LogP contribution in [0.15, 0.2) is 48.3 Å². The topological polar surface area (TPSA) is 155 Å². The summed E-state index contributed by atoms with van der Waals surface area (Å²) in [5, 5.41) is 7.29. The van der Waals surface area contributed by atoms with Gasteiger partial charge in [-0.05, 0) is 45.2 Å². The molecule has 1 fully saturated rings. The molecule has 3 aromatic heterocycles. The lowest BCUT2D eigenvalue weighted by Gasteiger charge is -2.34. The van der Waals surface area contributed by atoms with Crippen molar-refractivity contribution in [3.05, 3.63) is 48.3 Å². The number of nitrogens with one attached hydrogen (secondary N) is 3. The number of sulfone groups is 1. The summed E-state index contributed by atoms with van der Waals surface area (Å²) < 4.78 is 70.5. The van der Waals surface area contributed by atoms with Crippen molar-refractivity contribution in [1.82, 2.24) is 24.8 Å². The van der Waals surface area contributed by atoms with Crippen molar-refractivity contribution in [3.63, 3.8) is 0 Å². The van der Waals surface area contributed by atoms with Crippen LogP contribution < -0.4 is 25.6 Å². The third-order valence-electron chi connectivity index (χ3n) is 6.49. The first-order chi connectivity index (χ1) is 21.2. The first kappa shape index (κ1) is 33.7. The summed E-state index contributed by atoms with van der Waals surface area (Å²) in [7, 11) is -1.86. The van der Waals surface area contributed by atoms with Crippen LogP contribution in [0.1, 0.15) is 13.8 Å². The molecule has 0 unspecified atom stereocenters. The number of rotatable bonds is 11. The first-order valence-electron chi connectivity index (χ1n) is 13.5. The zero-order valence-electron chi connectivity index (χ0n) is 24.5. The van der Waals surface area contributed by atoms with Crippen LogP contribution in [0.2, 0.25) is 5.02 Å². The van der Waals surface area contributed by atoms with Gasteiger partial charge in [-0.1, -0.05) is 18.2 Å². The number of piperazine rings is 1. The molecular weight excluding hydrogens is 639 g/mol. The van der Waals surface area contributed by atoms with Gasteiger partial charge in [0.05, 0.1) is 22.8 Å². The molecule has 45 heavy (non-hydrogen) atoms. The van der Waals surface area contributed by atoms with E-state index in [4.69, 9.17) is 16.3 Å². The van der Waals surface area contributed by atoms with Crippen molar-refractivity contribution >= 4 is 62.0 Å². The second-order valence-electron chi connectivity index (χ2n) is 10.2. The van der Waals surface area contributed by atoms with Crippen molar-refractivity contribution in [2.75, 3.05) is 60.7 Å². The molecule has 0 aliphatic carbocycles. The van der Waals surface area contributed by atoms with E-state index in [9.17, 15) is 26.4 Å². The predicted octanol–water partition coefficient (Wildman–Crippen LogP) is 4.41.